The summed E-state index contributed by atoms with van der Waals surface area (Å²) < 4.78 is 10.9. The fraction of sp³-hybridized carbons (Fsp3) is 1.00. The zero-order chi connectivity index (χ0) is 13.3. The Hall–Kier alpha value is -1.46. The van der Waals surface area contributed by atoms with Crippen molar-refractivity contribution in [2.75, 3.05) is 26.3 Å². The summed E-state index contributed by atoms with van der Waals surface area (Å²) in [7, 11) is 0. The van der Waals surface area contributed by atoms with Gasteiger partial charge in [-0.15, -0.1) is 0 Å². The molecule has 1 saturated heterocycles. The van der Waals surface area contributed by atoms with Gasteiger partial charge in [-0.3, -0.25) is 0 Å². The van der Waals surface area contributed by atoms with Crippen molar-refractivity contribution in [1.82, 2.24) is 0 Å². The molecule has 0 aliphatic carbocycles. The predicted octanol–water partition coefficient (Wildman–Crippen LogP) is 3.16. The van der Waals surface area contributed by atoms with Gasteiger partial charge in [-0.1, -0.05) is 17.2 Å². The summed E-state index contributed by atoms with van der Waals surface area (Å²) in [6.45, 7) is 3.74. The van der Waals surface area contributed by atoms with Crippen LogP contribution in [-0.4, -0.2) is 32.6 Å². The number of hydrogen-bond acceptors (Lipinski definition) is 4. The lowest BCUT2D eigenvalue weighted by atomic mass is 9.87. The topological polar surface area (TPSA) is 116 Å². The van der Waals surface area contributed by atoms with Crippen LogP contribution in [0.3, 0.4) is 0 Å². The van der Waals surface area contributed by atoms with E-state index >= 15 is 0 Å². The molecule has 18 heavy (non-hydrogen) atoms. The van der Waals surface area contributed by atoms with E-state index in [9.17, 15) is 0 Å². The molecule has 0 aromatic carbocycles. The monoisotopic (exact) mass is 254 g/mol. The SMILES string of the molecule is CC(CCOC1CCCO1)(CN=[N+]=[N-])CN=[N+]=[N-]. The van der Waals surface area contributed by atoms with Crippen LogP contribution in [0.15, 0.2) is 10.2 Å². The van der Waals surface area contributed by atoms with E-state index in [4.69, 9.17) is 20.5 Å². The van der Waals surface area contributed by atoms with Crippen LogP contribution in [0.2, 0.25) is 0 Å². The van der Waals surface area contributed by atoms with Gasteiger partial charge < -0.3 is 9.47 Å². The second-order valence-electron chi connectivity index (χ2n) is 4.65. The molecule has 1 aliphatic heterocycles. The van der Waals surface area contributed by atoms with Crippen molar-refractivity contribution >= 4 is 0 Å². The number of ether oxygens (including phenoxy) is 2. The second-order valence-corrected chi connectivity index (χ2v) is 4.65. The maximum atomic E-state index is 8.36. The molecular formula is C10H18N6O2. The lowest BCUT2D eigenvalue weighted by Gasteiger charge is -2.26. The molecule has 100 valence electrons. The highest BCUT2D eigenvalue weighted by Crippen LogP contribution is 2.24. The molecule has 0 aromatic rings. The molecule has 0 saturated carbocycles. The highest BCUT2D eigenvalue weighted by Gasteiger charge is 2.24. The van der Waals surface area contributed by atoms with Crippen molar-refractivity contribution < 1.29 is 9.47 Å². The molecule has 0 bridgehead atoms. The van der Waals surface area contributed by atoms with Gasteiger partial charge in [0, 0.05) is 35.9 Å². The van der Waals surface area contributed by atoms with Crippen molar-refractivity contribution in [3.05, 3.63) is 20.9 Å². The van der Waals surface area contributed by atoms with E-state index in [-0.39, 0.29) is 24.8 Å². The Bertz CT molecular complexity index is 322. The molecule has 8 heteroatoms. The lowest BCUT2D eigenvalue weighted by Crippen LogP contribution is -2.27. The molecule has 1 fully saturated rings. The van der Waals surface area contributed by atoms with E-state index in [1.54, 1.807) is 0 Å². The fourth-order valence-electron chi connectivity index (χ4n) is 1.73. The van der Waals surface area contributed by atoms with Crippen LogP contribution >= 0.6 is 0 Å². The highest BCUT2D eigenvalue weighted by molar-refractivity contribution is 4.80. The molecular weight excluding hydrogens is 236 g/mol. The largest absolute Gasteiger partial charge is 0.353 e. The third-order valence-corrected chi connectivity index (χ3v) is 2.93. The van der Waals surface area contributed by atoms with Gasteiger partial charge in [0.1, 0.15) is 0 Å². The first kappa shape index (κ1) is 14.6. The molecule has 1 rings (SSSR count). The minimum atomic E-state index is -0.364. The van der Waals surface area contributed by atoms with Crippen LogP contribution < -0.4 is 0 Å². The number of hydrogen-bond donors (Lipinski definition) is 0. The zero-order valence-electron chi connectivity index (χ0n) is 10.5. The van der Waals surface area contributed by atoms with Crippen LogP contribution in [0.4, 0.5) is 0 Å². The van der Waals surface area contributed by atoms with Gasteiger partial charge in [-0.05, 0) is 29.3 Å². The van der Waals surface area contributed by atoms with E-state index in [2.05, 4.69) is 20.1 Å². The summed E-state index contributed by atoms with van der Waals surface area (Å²) in [5.74, 6) is 0. The molecule has 1 heterocycles. The molecule has 0 amide bonds. The van der Waals surface area contributed by atoms with Crippen molar-refractivity contribution in [3.8, 4) is 0 Å². The van der Waals surface area contributed by atoms with E-state index in [0.717, 1.165) is 19.4 Å². The summed E-state index contributed by atoms with van der Waals surface area (Å²) >= 11 is 0. The maximum absolute atomic E-state index is 8.36. The highest BCUT2D eigenvalue weighted by atomic mass is 16.7. The maximum Gasteiger partial charge on any atom is 0.157 e. The average molecular weight is 254 g/mol. The summed E-state index contributed by atoms with van der Waals surface area (Å²) in [5, 5.41) is 7.12. The molecule has 1 aliphatic rings. The van der Waals surface area contributed by atoms with E-state index in [0.29, 0.717) is 13.0 Å². The molecule has 0 spiro atoms. The fourth-order valence-corrected chi connectivity index (χ4v) is 1.73. The quantitative estimate of drug-likeness (QED) is 0.376. The van der Waals surface area contributed by atoms with Crippen LogP contribution in [0.25, 0.3) is 20.9 Å². The van der Waals surface area contributed by atoms with E-state index in [1.165, 1.54) is 0 Å². The Morgan fingerprint density at radius 3 is 2.50 bits per heavy atom. The molecule has 0 aromatic heterocycles. The van der Waals surface area contributed by atoms with E-state index in [1.807, 2.05) is 6.92 Å². The molecule has 8 nitrogen and oxygen atoms in total. The molecule has 1 unspecified atom stereocenters. The predicted molar refractivity (Wildman–Crippen MR) is 65.7 cm³/mol. The smallest absolute Gasteiger partial charge is 0.157 e. The molecule has 0 N–H and O–H groups in total. The molecule has 1 atom stereocenters. The summed E-state index contributed by atoms with van der Waals surface area (Å²) in [6, 6.07) is 0. The van der Waals surface area contributed by atoms with Crippen molar-refractivity contribution in [3.63, 3.8) is 0 Å². The number of nitrogens with zero attached hydrogens (tertiary/aromatic N) is 6. The van der Waals surface area contributed by atoms with E-state index < -0.39 is 0 Å². The Labute approximate surface area is 106 Å². The lowest BCUT2D eigenvalue weighted by molar-refractivity contribution is -0.115. The third-order valence-electron chi connectivity index (χ3n) is 2.93. The summed E-state index contributed by atoms with van der Waals surface area (Å²) in [5.41, 5.74) is 16.3. The average Bonchev–Trinajstić information content (AvgIpc) is 2.87. The zero-order valence-corrected chi connectivity index (χ0v) is 10.5. The van der Waals surface area contributed by atoms with Gasteiger partial charge in [0.2, 0.25) is 0 Å². The first-order valence-electron chi connectivity index (χ1n) is 5.95. The van der Waals surface area contributed by atoms with Gasteiger partial charge in [0.05, 0.1) is 6.61 Å². The standard InChI is InChI=1S/C10H18N6O2/c1-10(7-13-15-11,8-14-16-12)4-6-18-9-3-2-5-17-9/h9H,2-8H2,1H3. The van der Waals surface area contributed by atoms with Crippen molar-refractivity contribution in [2.24, 2.45) is 15.6 Å². The Balaban J connectivity index is 2.38. The number of azide groups is 2. The summed E-state index contributed by atoms with van der Waals surface area (Å²) in [4.78, 5) is 5.48. The summed E-state index contributed by atoms with van der Waals surface area (Å²) in [6.07, 6.45) is 2.49. The minimum absolute atomic E-state index is 0.117. The van der Waals surface area contributed by atoms with Gasteiger partial charge in [-0.2, -0.15) is 0 Å². The minimum Gasteiger partial charge on any atom is -0.353 e. The van der Waals surface area contributed by atoms with Gasteiger partial charge >= 0.3 is 0 Å². The first-order chi connectivity index (χ1) is 8.70. The second kappa shape index (κ2) is 7.79. The Morgan fingerprint density at radius 2 is 2.00 bits per heavy atom. The van der Waals surface area contributed by atoms with Gasteiger partial charge in [0.25, 0.3) is 0 Å². The van der Waals surface area contributed by atoms with Crippen molar-refractivity contribution in [2.45, 2.75) is 32.5 Å². The van der Waals surface area contributed by atoms with Gasteiger partial charge in [0.15, 0.2) is 6.29 Å². The third kappa shape index (κ3) is 5.25. The van der Waals surface area contributed by atoms with Crippen LogP contribution in [-0.2, 0) is 9.47 Å². The van der Waals surface area contributed by atoms with Crippen LogP contribution in [0.5, 0.6) is 0 Å². The Morgan fingerprint density at radius 1 is 1.33 bits per heavy atom. The van der Waals surface area contributed by atoms with Gasteiger partial charge in [-0.25, -0.2) is 0 Å². The van der Waals surface area contributed by atoms with Crippen LogP contribution in [0.1, 0.15) is 26.2 Å². The number of rotatable bonds is 8. The normalized spacial score (nSPS) is 21.7. The van der Waals surface area contributed by atoms with Crippen molar-refractivity contribution in [1.29, 1.82) is 0 Å². The Kier molecular flexibility index (Phi) is 6.32. The van der Waals surface area contributed by atoms with Crippen LogP contribution in [0, 0.1) is 5.41 Å². The molecule has 0 radical (unpaired) electrons. The first-order valence-corrected chi connectivity index (χ1v) is 5.95.